The molecular weight excluding hydrogens is 422 g/mol. The van der Waals surface area contributed by atoms with Crippen LogP contribution in [0.15, 0.2) is 52.0 Å². The number of para-hydroxylation sites is 1. The summed E-state index contributed by atoms with van der Waals surface area (Å²) < 4.78 is 6.15. The number of likely N-dealkylation sites (tertiary alicyclic amines) is 1. The van der Waals surface area contributed by atoms with E-state index in [4.69, 9.17) is 4.74 Å². The Morgan fingerprint density at radius 3 is 2.68 bits per heavy atom. The maximum absolute atomic E-state index is 12.4. The minimum absolute atomic E-state index is 0.00727. The molecule has 0 bridgehead atoms. The van der Waals surface area contributed by atoms with Gasteiger partial charge in [0.1, 0.15) is 6.54 Å². The molecule has 0 aromatic heterocycles. The summed E-state index contributed by atoms with van der Waals surface area (Å²) in [6, 6.07) is 13.5. The van der Waals surface area contributed by atoms with Gasteiger partial charge in [0.05, 0.1) is 32.3 Å². The van der Waals surface area contributed by atoms with Crippen molar-refractivity contribution in [1.82, 2.24) is 5.43 Å². The summed E-state index contributed by atoms with van der Waals surface area (Å²) in [7, 11) is 1.49. The predicted molar refractivity (Wildman–Crippen MR) is 112 cm³/mol. The topological polar surface area (TPSA) is 75.4 Å². The molecule has 3 N–H and O–H groups in total. The average Bonchev–Trinajstić information content (AvgIpc) is 2.71. The second kappa shape index (κ2) is 9.71. The van der Waals surface area contributed by atoms with Gasteiger partial charge in [-0.2, -0.15) is 5.10 Å². The molecule has 6 nitrogen and oxygen atoms in total. The number of nitrogens with zero attached hydrogens (tertiary/aromatic N) is 1. The fourth-order valence-electron chi connectivity index (χ4n) is 3.42. The van der Waals surface area contributed by atoms with Crippen molar-refractivity contribution in [3.05, 3.63) is 58.1 Å². The highest BCUT2D eigenvalue weighted by atomic mass is 79.9. The van der Waals surface area contributed by atoms with Crippen molar-refractivity contribution in [2.75, 3.05) is 20.2 Å². The lowest BCUT2D eigenvalue weighted by atomic mass is 9.96. The molecule has 0 saturated carbocycles. The standard InChI is InChI=1S/C21H24BrN3O3/c1-28-19-4-2-3-17(20(19)26)13-23-24-21(27)16-9-11-25(12-10-16)14-15-5-7-18(22)8-6-15/h2-8,13,16,26H,9-12,14H2,1H3,(H,24,27)/p+1/b23-13+. The van der Waals surface area contributed by atoms with Gasteiger partial charge in [-0.1, -0.05) is 34.1 Å². The van der Waals surface area contributed by atoms with Crippen LogP contribution in [0.4, 0.5) is 0 Å². The lowest BCUT2D eigenvalue weighted by molar-refractivity contribution is -0.919. The Kier molecular flexibility index (Phi) is 7.06. The molecule has 28 heavy (non-hydrogen) atoms. The molecule has 1 heterocycles. The van der Waals surface area contributed by atoms with Gasteiger partial charge in [-0.3, -0.25) is 4.79 Å². The zero-order chi connectivity index (χ0) is 19.9. The van der Waals surface area contributed by atoms with Crippen LogP contribution in [0.25, 0.3) is 0 Å². The van der Waals surface area contributed by atoms with Crippen molar-refractivity contribution in [2.24, 2.45) is 11.0 Å². The maximum atomic E-state index is 12.4. The van der Waals surface area contributed by atoms with Gasteiger partial charge in [-0.05, 0) is 24.3 Å². The molecule has 1 aliphatic rings. The number of methoxy groups -OCH3 is 1. The number of hydrogen-bond donors (Lipinski definition) is 3. The number of aromatic hydroxyl groups is 1. The second-order valence-electron chi connectivity index (χ2n) is 6.96. The first-order chi connectivity index (χ1) is 13.6. The molecule has 1 fully saturated rings. The summed E-state index contributed by atoms with van der Waals surface area (Å²) in [6.45, 7) is 2.91. The van der Waals surface area contributed by atoms with Gasteiger partial charge in [-0.25, -0.2) is 5.43 Å². The number of phenolic OH excluding ortho intramolecular Hbond substituents is 1. The molecule has 7 heteroatoms. The Bertz CT molecular complexity index is 831. The van der Waals surface area contributed by atoms with Crippen molar-refractivity contribution < 1.29 is 19.5 Å². The van der Waals surface area contributed by atoms with Crippen molar-refractivity contribution in [3.8, 4) is 11.5 Å². The molecule has 148 valence electrons. The van der Waals surface area contributed by atoms with Crippen LogP contribution < -0.4 is 15.1 Å². The molecule has 0 atom stereocenters. The Labute approximate surface area is 173 Å². The smallest absolute Gasteiger partial charge is 0.243 e. The van der Waals surface area contributed by atoms with E-state index in [0.29, 0.717) is 11.3 Å². The number of carbonyl (C=O) groups excluding carboxylic acids is 1. The summed E-state index contributed by atoms with van der Waals surface area (Å²) in [6.07, 6.45) is 3.12. The second-order valence-corrected chi connectivity index (χ2v) is 7.88. The van der Waals surface area contributed by atoms with Gasteiger partial charge in [-0.15, -0.1) is 0 Å². The molecule has 3 rings (SSSR count). The fourth-order valence-corrected chi connectivity index (χ4v) is 3.69. The number of quaternary nitrogens is 1. The predicted octanol–water partition coefficient (Wildman–Crippen LogP) is 2.11. The van der Waals surface area contributed by atoms with Crippen LogP contribution in [0.5, 0.6) is 11.5 Å². The van der Waals surface area contributed by atoms with Gasteiger partial charge >= 0.3 is 0 Å². The summed E-state index contributed by atoms with van der Waals surface area (Å²) >= 11 is 3.46. The number of amides is 1. The van der Waals surface area contributed by atoms with Crippen LogP contribution in [0.3, 0.4) is 0 Å². The van der Waals surface area contributed by atoms with E-state index in [1.165, 1.54) is 23.8 Å². The van der Waals surface area contributed by atoms with E-state index < -0.39 is 0 Å². The van der Waals surface area contributed by atoms with Crippen LogP contribution in [-0.4, -0.2) is 37.4 Å². The van der Waals surface area contributed by atoms with E-state index in [-0.39, 0.29) is 17.6 Å². The third kappa shape index (κ3) is 5.33. The van der Waals surface area contributed by atoms with Gasteiger partial charge < -0.3 is 14.7 Å². The van der Waals surface area contributed by atoms with Gasteiger partial charge in [0, 0.05) is 28.4 Å². The lowest BCUT2D eigenvalue weighted by Gasteiger charge is -2.28. The number of benzene rings is 2. The third-order valence-electron chi connectivity index (χ3n) is 5.06. The minimum atomic E-state index is -0.0682. The summed E-state index contributed by atoms with van der Waals surface area (Å²) in [5, 5.41) is 14.0. The van der Waals surface area contributed by atoms with Crippen molar-refractivity contribution in [1.29, 1.82) is 0 Å². The van der Waals surface area contributed by atoms with Crippen LogP contribution in [-0.2, 0) is 11.3 Å². The minimum Gasteiger partial charge on any atom is -0.504 e. The molecule has 0 aliphatic carbocycles. The average molecular weight is 447 g/mol. The molecular formula is C21H25BrN3O3+. The Morgan fingerprint density at radius 2 is 2.00 bits per heavy atom. The first-order valence-electron chi connectivity index (χ1n) is 9.33. The van der Waals surface area contributed by atoms with E-state index >= 15 is 0 Å². The molecule has 0 radical (unpaired) electrons. The Hall–Kier alpha value is -2.38. The van der Waals surface area contributed by atoms with Gasteiger partial charge in [0.25, 0.3) is 0 Å². The number of hydrogen-bond acceptors (Lipinski definition) is 4. The van der Waals surface area contributed by atoms with Gasteiger partial charge in [0.15, 0.2) is 11.5 Å². The quantitative estimate of drug-likeness (QED) is 0.469. The van der Waals surface area contributed by atoms with E-state index in [1.54, 1.807) is 18.2 Å². The highest BCUT2D eigenvalue weighted by Gasteiger charge is 2.27. The van der Waals surface area contributed by atoms with Crippen molar-refractivity contribution in [2.45, 2.75) is 19.4 Å². The Balaban J connectivity index is 1.47. The first kappa shape index (κ1) is 20.4. The van der Waals surface area contributed by atoms with E-state index in [1.807, 2.05) is 0 Å². The molecule has 1 saturated heterocycles. The van der Waals surface area contributed by atoms with Crippen molar-refractivity contribution in [3.63, 3.8) is 0 Å². The number of ether oxygens (including phenoxy) is 1. The maximum Gasteiger partial charge on any atom is 0.243 e. The van der Waals surface area contributed by atoms with Crippen LogP contribution in [0.2, 0.25) is 0 Å². The van der Waals surface area contributed by atoms with Crippen molar-refractivity contribution >= 4 is 28.1 Å². The lowest BCUT2D eigenvalue weighted by Crippen LogP contribution is -3.11. The number of halogens is 1. The zero-order valence-electron chi connectivity index (χ0n) is 15.8. The molecule has 1 aliphatic heterocycles. The molecule has 2 aromatic carbocycles. The third-order valence-corrected chi connectivity index (χ3v) is 5.59. The van der Waals surface area contributed by atoms with Crippen LogP contribution in [0, 0.1) is 5.92 Å². The molecule has 2 aromatic rings. The largest absolute Gasteiger partial charge is 0.504 e. The highest BCUT2D eigenvalue weighted by Crippen LogP contribution is 2.27. The fraction of sp³-hybridized carbons (Fsp3) is 0.333. The number of rotatable bonds is 6. The first-order valence-corrected chi connectivity index (χ1v) is 10.1. The van der Waals surface area contributed by atoms with Crippen LogP contribution in [0.1, 0.15) is 24.0 Å². The highest BCUT2D eigenvalue weighted by molar-refractivity contribution is 9.10. The number of nitrogens with one attached hydrogen (secondary N) is 2. The number of phenols is 1. The van der Waals surface area contributed by atoms with E-state index in [2.05, 4.69) is 50.7 Å². The zero-order valence-corrected chi connectivity index (χ0v) is 17.4. The summed E-state index contributed by atoms with van der Waals surface area (Å²) in [5.41, 5.74) is 4.40. The SMILES string of the molecule is COc1cccc(/C=N/NC(=O)C2CC[NH+](Cc3ccc(Br)cc3)CC2)c1O. The monoisotopic (exact) mass is 446 g/mol. The number of hydrazone groups is 1. The Morgan fingerprint density at radius 1 is 1.29 bits per heavy atom. The van der Waals surface area contributed by atoms with E-state index in [9.17, 15) is 9.90 Å². The van der Waals surface area contributed by atoms with E-state index in [0.717, 1.165) is 36.9 Å². The molecule has 1 amide bonds. The summed E-state index contributed by atoms with van der Waals surface area (Å²) in [5.74, 6) is 0.287. The number of piperidine rings is 1. The van der Waals surface area contributed by atoms with Crippen LogP contribution >= 0.6 is 15.9 Å². The molecule has 0 spiro atoms. The molecule has 0 unspecified atom stereocenters. The normalized spacial score (nSPS) is 19.5. The number of carbonyl (C=O) groups is 1. The van der Waals surface area contributed by atoms with Gasteiger partial charge in [0.2, 0.25) is 5.91 Å². The summed E-state index contributed by atoms with van der Waals surface area (Å²) in [4.78, 5) is 13.9.